The summed E-state index contributed by atoms with van der Waals surface area (Å²) in [6.45, 7) is 2.07. The zero-order chi connectivity index (χ0) is 12.1. The van der Waals surface area contributed by atoms with E-state index in [-0.39, 0.29) is 12.4 Å². The van der Waals surface area contributed by atoms with Crippen LogP contribution in [0.1, 0.15) is 18.1 Å². The van der Waals surface area contributed by atoms with Gasteiger partial charge >= 0.3 is 5.97 Å². The lowest BCUT2D eigenvalue weighted by Crippen LogP contribution is -2.08. The second-order valence-electron chi connectivity index (χ2n) is 3.02. The van der Waals surface area contributed by atoms with Crippen LogP contribution in [0.3, 0.4) is 0 Å². The van der Waals surface area contributed by atoms with Gasteiger partial charge in [0, 0.05) is 9.50 Å². The molecule has 1 aromatic rings. The Balaban J connectivity index is 2.97. The van der Waals surface area contributed by atoms with Crippen LogP contribution in [0.5, 0.6) is 0 Å². The normalized spacial score (nSPS) is 9.62. The van der Waals surface area contributed by atoms with Crippen molar-refractivity contribution < 1.29 is 9.53 Å². The minimum Gasteiger partial charge on any atom is -0.466 e. The van der Waals surface area contributed by atoms with Gasteiger partial charge in [-0.25, -0.2) is 0 Å². The van der Waals surface area contributed by atoms with E-state index >= 15 is 0 Å². The van der Waals surface area contributed by atoms with E-state index in [4.69, 9.17) is 21.6 Å². The van der Waals surface area contributed by atoms with Crippen molar-refractivity contribution in [3.8, 4) is 6.07 Å². The Kier molecular flexibility index (Phi) is 4.78. The highest BCUT2D eigenvalue weighted by Crippen LogP contribution is 2.25. The first kappa shape index (κ1) is 13.0. The summed E-state index contributed by atoms with van der Waals surface area (Å²) < 4.78 is 5.43. The van der Waals surface area contributed by atoms with Crippen molar-refractivity contribution in [3.63, 3.8) is 0 Å². The van der Waals surface area contributed by atoms with Crippen molar-refractivity contribution in [1.82, 2.24) is 0 Å². The van der Waals surface area contributed by atoms with Crippen molar-refractivity contribution in [1.29, 1.82) is 5.26 Å². The van der Waals surface area contributed by atoms with Gasteiger partial charge in [-0.1, -0.05) is 11.6 Å². The molecule has 0 spiro atoms. The van der Waals surface area contributed by atoms with Crippen molar-refractivity contribution in [2.75, 3.05) is 6.61 Å². The largest absolute Gasteiger partial charge is 0.466 e. The number of esters is 1. The van der Waals surface area contributed by atoms with Crippen LogP contribution in [0.15, 0.2) is 16.6 Å². The molecule has 3 nitrogen and oxygen atoms in total. The van der Waals surface area contributed by atoms with E-state index in [0.29, 0.717) is 27.2 Å². The molecule has 0 atom stereocenters. The molecule has 0 aliphatic heterocycles. The first-order valence-electron chi connectivity index (χ1n) is 4.62. The third kappa shape index (κ3) is 3.22. The molecule has 5 heteroatoms. The van der Waals surface area contributed by atoms with Gasteiger partial charge in [0.05, 0.1) is 18.6 Å². The van der Waals surface area contributed by atoms with Gasteiger partial charge in [-0.15, -0.1) is 0 Å². The van der Waals surface area contributed by atoms with Crippen molar-refractivity contribution >= 4 is 33.5 Å². The van der Waals surface area contributed by atoms with E-state index < -0.39 is 0 Å². The molecule has 0 fully saturated rings. The number of benzene rings is 1. The van der Waals surface area contributed by atoms with Gasteiger partial charge in [0.1, 0.15) is 6.07 Å². The Morgan fingerprint density at radius 3 is 2.88 bits per heavy atom. The first-order valence-corrected chi connectivity index (χ1v) is 5.79. The Labute approximate surface area is 107 Å². The van der Waals surface area contributed by atoms with Gasteiger partial charge in [-0.3, -0.25) is 4.79 Å². The summed E-state index contributed by atoms with van der Waals surface area (Å²) in [4.78, 5) is 11.3. The number of nitrogens with zero attached hydrogens (tertiary/aromatic N) is 1. The second kappa shape index (κ2) is 5.88. The molecular weight excluding hydrogens is 293 g/mol. The Morgan fingerprint density at radius 2 is 2.31 bits per heavy atom. The van der Waals surface area contributed by atoms with Crippen molar-refractivity contribution in [2.24, 2.45) is 0 Å². The fourth-order valence-corrected chi connectivity index (χ4v) is 1.98. The van der Waals surface area contributed by atoms with Gasteiger partial charge in [-0.2, -0.15) is 5.26 Å². The maximum Gasteiger partial charge on any atom is 0.310 e. The Morgan fingerprint density at radius 1 is 1.62 bits per heavy atom. The number of hydrogen-bond acceptors (Lipinski definition) is 3. The summed E-state index contributed by atoms with van der Waals surface area (Å²) in [5.74, 6) is -0.351. The van der Waals surface area contributed by atoms with E-state index in [0.717, 1.165) is 0 Å². The molecule has 0 amide bonds. The standard InChI is InChI=1S/C11H9BrClNO2/c1-2-16-11(15)4-7-3-8(6-14)9(12)5-10(7)13/h3,5H,2,4H2,1H3. The maximum absolute atomic E-state index is 11.3. The quantitative estimate of drug-likeness (QED) is 0.806. The van der Waals surface area contributed by atoms with Crippen LogP contribution < -0.4 is 0 Å². The monoisotopic (exact) mass is 301 g/mol. The lowest BCUT2D eigenvalue weighted by Gasteiger charge is -2.06. The van der Waals surface area contributed by atoms with Crippen LogP contribution in [0.4, 0.5) is 0 Å². The molecule has 0 aliphatic rings. The molecule has 0 aromatic heterocycles. The van der Waals surface area contributed by atoms with E-state index in [1.807, 2.05) is 6.07 Å². The summed E-state index contributed by atoms with van der Waals surface area (Å²) in [5, 5.41) is 9.28. The van der Waals surface area contributed by atoms with Crippen LogP contribution in [-0.2, 0) is 16.0 Å². The SMILES string of the molecule is CCOC(=O)Cc1cc(C#N)c(Br)cc1Cl. The molecule has 1 rings (SSSR count). The van der Waals surface area contributed by atoms with Crippen molar-refractivity contribution in [3.05, 3.63) is 32.8 Å². The smallest absolute Gasteiger partial charge is 0.310 e. The molecular formula is C11H9BrClNO2. The topological polar surface area (TPSA) is 50.1 Å². The lowest BCUT2D eigenvalue weighted by atomic mass is 10.1. The molecule has 84 valence electrons. The number of carbonyl (C=O) groups is 1. The highest BCUT2D eigenvalue weighted by molar-refractivity contribution is 9.10. The fraction of sp³-hybridized carbons (Fsp3) is 0.273. The summed E-state index contributed by atoms with van der Waals surface area (Å²) in [6.07, 6.45) is 0.0780. The summed E-state index contributed by atoms with van der Waals surface area (Å²) in [6, 6.07) is 5.20. The number of carbonyl (C=O) groups excluding carboxylic acids is 1. The summed E-state index contributed by atoms with van der Waals surface area (Å²) in [7, 11) is 0. The molecule has 0 heterocycles. The molecule has 0 saturated heterocycles. The third-order valence-electron chi connectivity index (χ3n) is 1.90. The Bertz CT molecular complexity index is 454. The number of rotatable bonds is 3. The number of hydrogen-bond donors (Lipinski definition) is 0. The van der Waals surface area contributed by atoms with Gasteiger partial charge in [0.15, 0.2) is 0 Å². The van der Waals surface area contributed by atoms with Crippen LogP contribution in [0, 0.1) is 11.3 Å². The van der Waals surface area contributed by atoms with Crippen LogP contribution in [0.25, 0.3) is 0 Å². The maximum atomic E-state index is 11.3. The predicted molar refractivity (Wildman–Crippen MR) is 64.2 cm³/mol. The van der Waals surface area contributed by atoms with Crippen LogP contribution in [-0.4, -0.2) is 12.6 Å². The second-order valence-corrected chi connectivity index (χ2v) is 4.28. The molecule has 0 aliphatic carbocycles. The average Bonchev–Trinajstić information content (AvgIpc) is 2.22. The predicted octanol–water partition coefficient (Wildman–Crippen LogP) is 3.08. The molecule has 1 aromatic carbocycles. The summed E-state index contributed by atoms with van der Waals surface area (Å²) in [5.41, 5.74) is 1.04. The zero-order valence-corrected chi connectivity index (χ0v) is 10.9. The molecule has 0 saturated carbocycles. The van der Waals surface area contributed by atoms with E-state index in [1.165, 1.54) is 0 Å². The molecule has 16 heavy (non-hydrogen) atoms. The van der Waals surface area contributed by atoms with E-state index in [1.54, 1.807) is 19.1 Å². The number of halogens is 2. The summed E-state index contributed by atoms with van der Waals surface area (Å²) >= 11 is 9.17. The van der Waals surface area contributed by atoms with Gasteiger partial charge in [0.2, 0.25) is 0 Å². The molecule has 0 bridgehead atoms. The zero-order valence-electron chi connectivity index (χ0n) is 8.59. The number of ether oxygens (including phenoxy) is 1. The van der Waals surface area contributed by atoms with Crippen LogP contribution >= 0.6 is 27.5 Å². The Hall–Kier alpha value is -1.05. The highest BCUT2D eigenvalue weighted by Gasteiger charge is 2.11. The average molecular weight is 303 g/mol. The minimum atomic E-state index is -0.351. The van der Waals surface area contributed by atoms with Gasteiger partial charge in [-0.05, 0) is 40.5 Å². The van der Waals surface area contributed by atoms with Crippen molar-refractivity contribution in [2.45, 2.75) is 13.3 Å². The van der Waals surface area contributed by atoms with Gasteiger partial charge < -0.3 is 4.74 Å². The third-order valence-corrected chi connectivity index (χ3v) is 2.90. The molecule has 0 radical (unpaired) electrons. The number of nitriles is 1. The highest BCUT2D eigenvalue weighted by atomic mass is 79.9. The van der Waals surface area contributed by atoms with Gasteiger partial charge in [0.25, 0.3) is 0 Å². The van der Waals surface area contributed by atoms with Crippen LogP contribution in [0.2, 0.25) is 5.02 Å². The van der Waals surface area contributed by atoms with E-state index in [9.17, 15) is 4.79 Å². The molecule has 0 unspecified atom stereocenters. The van der Waals surface area contributed by atoms with E-state index in [2.05, 4.69) is 15.9 Å². The lowest BCUT2D eigenvalue weighted by molar-refractivity contribution is -0.142. The minimum absolute atomic E-state index is 0.0780. The molecule has 0 N–H and O–H groups in total. The fourth-order valence-electron chi connectivity index (χ4n) is 1.18. The first-order chi connectivity index (χ1) is 7.58.